The summed E-state index contributed by atoms with van der Waals surface area (Å²) in [5.41, 5.74) is -0.519. The first-order valence-corrected chi connectivity index (χ1v) is 6.10. The molecule has 16 heavy (non-hydrogen) atoms. The Bertz CT molecular complexity index is 374. The molecule has 1 heterocycles. The number of hydrogen-bond donors (Lipinski definition) is 1. The minimum Gasteiger partial charge on any atom is -0.286 e. The highest BCUT2D eigenvalue weighted by atomic mass is 32.1. The van der Waals surface area contributed by atoms with Gasteiger partial charge in [0.1, 0.15) is 0 Å². The molecule has 1 amide bonds. The first-order chi connectivity index (χ1) is 7.36. The molecule has 1 N–H and O–H groups in total. The Morgan fingerprint density at radius 2 is 2.25 bits per heavy atom. The van der Waals surface area contributed by atoms with Crippen molar-refractivity contribution in [1.29, 1.82) is 0 Å². The molecular weight excluding hydrogens is 224 g/mol. The van der Waals surface area contributed by atoms with E-state index in [-0.39, 0.29) is 12.5 Å². The van der Waals surface area contributed by atoms with Crippen molar-refractivity contribution in [3.8, 4) is 0 Å². The van der Waals surface area contributed by atoms with Gasteiger partial charge in [-0.15, -0.1) is 11.3 Å². The van der Waals surface area contributed by atoms with Crippen molar-refractivity contribution >= 4 is 17.2 Å². The molecular formula is C11H18N2O2S. The Morgan fingerprint density at radius 3 is 2.69 bits per heavy atom. The maximum absolute atomic E-state index is 11.9. The summed E-state index contributed by atoms with van der Waals surface area (Å²) < 4.78 is 0. The van der Waals surface area contributed by atoms with Gasteiger partial charge < -0.3 is 0 Å². The van der Waals surface area contributed by atoms with E-state index in [1.54, 1.807) is 6.20 Å². The number of carbonyl (C=O) groups is 1. The molecule has 0 atom stereocenters. The van der Waals surface area contributed by atoms with Crippen LogP contribution >= 0.6 is 11.3 Å². The topological polar surface area (TPSA) is 53.4 Å². The Morgan fingerprint density at radius 1 is 1.62 bits per heavy atom. The van der Waals surface area contributed by atoms with Crippen molar-refractivity contribution in [3.63, 3.8) is 0 Å². The van der Waals surface area contributed by atoms with Crippen molar-refractivity contribution in [2.24, 2.45) is 5.41 Å². The molecule has 0 unspecified atom stereocenters. The molecule has 90 valence electrons. The van der Waals surface area contributed by atoms with Gasteiger partial charge in [-0.1, -0.05) is 20.8 Å². The zero-order valence-electron chi connectivity index (χ0n) is 10.1. The summed E-state index contributed by atoms with van der Waals surface area (Å²) >= 11 is 1.49. The maximum Gasteiger partial charge on any atom is 0.251 e. The number of aromatic nitrogens is 1. The lowest BCUT2D eigenvalue weighted by atomic mass is 9.89. The van der Waals surface area contributed by atoms with Gasteiger partial charge in [0.2, 0.25) is 0 Å². The summed E-state index contributed by atoms with van der Waals surface area (Å²) in [5, 5.41) is 11.4. The number of carbonyl (C=O) groups excluding carboxylic acids is 1. The highest BCUT2D eigenvalue weighted by Gasteiger charge is 2.29. The van der Waals surface area contributed by atoms with E-state index in [2.05, 4.69) is 4.98 Å². The summed E-state index contributed by atoms with van der Waals surface area (Å²) in [6.45, 7) is 7.71. The standard InChI is InChI=1S/C11H18N2O2S/c1-5-11(3,4)10(14)13(15)7-9-6-12-8(2)16-9/h6,15H,5,7H2,1-4H3. The van der Waals surface area contributed by atoms with Crippen molar-refractivity contribution in [2.75, 3.05) is 0 Å². The molecule has 0 saturated carbocycles. The molecule has 0 aliphatic heterocycles. The summed E-state index contributed by atoms with van der Waals surface area (Å²) in [6.07, 6.45) is 2.39. The van der Waals surface area contributed by atoms with Gasteiger partial charge in [0, 0.05) is 16.5 Å². The largest absolute Gasteiger partial charge is 0.286 e. The molecule has 0 bridgehead atoms. The Labute approximate surface area is 99.9 Å². The summed E-state index contributed by atoms with van der Waals surface area (Å²) in [6, 6.07) is 0. The Hall–Kier alpha value is -0.940. The van der Waals surface area contributed by atoms with E-state index in [1.165, 1.54) is 11.3 Å². The van der Waals surface area contributed by atoms with Gasteiger partial charge in [0.15, 0.2) is 0 Å². The SMILES string of the molecule is CCC(C)(C)C(=O)N(O)Cc1cnc(C)s1. The van der Waals surface area contributed by atoms with Crippen LogP contribution in [0, 0.1) is 12.3 Å². The fourth-order valence-electron chi connectivity index (χ4n) is 1.20. The molecule has 0 radical (unpaired) electrons. The molecule has 1 aromatic heterocycles. The van der Waals surface area contributed by atoms with Crippen molar-refractivity contribution in [2.45, 2.75) is 40.7 Å². The van der Waals surface area contributed by atoms with E-state index in [1.807, 2.05) is 27.7 Å². The molecule has 5 heteroatoms. The fourth-order valence-corrected chi connectivity index (χ4v) is 1.98. The van der Waals surface area contributed by atoms with Crippen LogP contribution in [-0.2, 0) is 11.3 Å². The molecule has 1 aromatic rings. The van der Waals surface area contributed by atoms with E-state index < -0.39 is 5.41 Å². The van der Waals surface area contributed by atoms with Gasteiger partial charge in [-0.3, -0.25) is 10.0 Å². The van der Waals surface area contributed by atoms with E-state index in [0.29, 0.717) is 6.42 Å². The molecule has 0 aliphatic rings. The molecule has 0 aromatic carbocycles. The summed E-state index contributed by atoms with van der Waals surface area (Å²) in [7, 11) is 0. The Balaban J connectivity index is 2.65. The Kier molecular flexibility index (Phi) is 4.04. The molecule has 4 nitrogen and oxygen atoms in total. The van der Waals surface area contributed by atoms with Gasteiger partial charge in [-0.25, -0.2) is 10.0 Å². The number of aryl methyl sites for hydroxylation is 1. The van der Waals surface area contributed by atoms with Crippen LogP contribution in [0.4, 0.5) is 0 Å². The predicted molar refractivity (Wildman–Crippen MR) is 63.3 cm³/mol. The third-order valence-electron chi connectivity index (χ3n) is 2.67. The number of hydroxylamine groups is 2. The number of hydrogen-bond acceptors (Lipinski definition) is 4. The van der Waals surface area contributed by atoms with Crippen LogP contribution in [0.15, 0.2) is 6.20 Å². The molecule has 0 saturated heterocycles. The molecule has 0 spiro atoms. The van der Waals surface area contributed by atoms with Gasteiger partial charge in [-0.2, -0.15) is 0 Å². The van der Waals surface area contributed by atoms with Crippen LogP contribution in [0.2, 0.25) is 0 Å². The molecule has 1 rings (SSSR count). The smallest absolute Gasteiger partial charge is 0.251 e. The van der Waals surface area contributed by atoms with Crippen molar-refractivity contribution < 1.29 is 10.0 Å². The fraction of sp³-hybridized carbons (Fsp3) is 0.636. The lowest BCUT2D eigenvalue weighted by Crippen LogP contribution is -2.37. The summed E-state index contributed by atoms with van der Waals surface area (Å²) in [4.78, 5) is 16.8. The van der Waals surface area contributed by atoms with Gasteiger partial charge in [0.25, 0.3) is 5.91 Å². The number of amides is 1. The lowest BCUT2D eigenvalue weighted by Gasteiger charge is -2.26. The van der Waals surface area contributed by atoms with Crippen LogP contribution < -0.4 is 0 Å². The van der Waals surface area contributed by atoms with E-state index in [9.17, 15) is 10.0 Å². The van der Waals surface area contributed by atoms with Crippen LogP contribution in [0.3, 0.4) is 0 Å². The minimum absolute atomic E-state index is 0.216. The number of rotatable bonds is 4. The van der Waals surface area contributed by atoms with Gasteiger partial charge in [-0.05, 0) is 13.3 Å². The molecule has 0 fully saturated rings. The van der Waals surface area contributed by atoms with Crippen LogP contribution in [0.1, 0.15) is 37.1 Å². The lowest BCUT2D eigenvalue weighted by molar-refractivity contribution is -0.178. The second-order valence-corrected chi connectivity index (χ2v) is 5.77. The first kappa shape index (κ1) is 13.1. The van der Waals surface area contributed by atoms with Gasteiger partial charge in [0.05, 0.1) is 11.6 Å². The predicted octanol–water partition coefficient (Wildman–Crippen LogP) is 2.61. The maximum atomic E-state index is 11.9. The van der Waals surface area contributed by atoms with Crippen LogP contribution in [0.25, 0.3) is 0 Å². The third-order valence-corrected chi connectivity index (χ3v) is 3.57. The monoisotopic (exact) mass is 242 g/mol. The zero-order valence-corrected chi connectivity index (χ0v) is 11.0. The molecule has 0 aliphatic carbocycles. The second-order valence-electron chi connectivity index (χ2n) is 4.45. The average molecular weight is 242 g/mol. The number of nitrogens with zero attached hydrogens (tertiary/aromatic N) is 2. The summed E-state index contributed by atoms with van der Waals surface area (Å²) in [5.74, 6) is -0.249. The van der Waals surface area contributed by atoms with Crippen LogP contribution in [-0.4, -0.2) is 21.2 Å². The zero-order chi connectivity index (χ0) is 12.3. The third kappa shape index (κ3) is 3.02. The van der Waals surface area contributed by atoms with E-state index in [0.717, 1.165) is 14.9 Å². The quantitative estimate of drug-likeness (QED) is 0.652. The van der Waals surface area contributed by atoms with E-state index >= 15 is 0 Å². The average Bonchev–Trinajstić information content (AvgIpc) is 2.62. The van der Waals surface area contributed by atoms with Crippen LogP contribution in [0.5, 0.6) is 0 Å². The number of thiazole rings is 1. The van der Waals surface area contributed by atoms with Crippen molar-refractivity contribution in [3.05, 3.63) is 16.1 Å². The highest BCUT2D eigenvalue weighted by Crippen LogP contribution is 2.23. The van der Waals surface area contributed by atoms with Crippen molar-refractivity contribution in [1.82, 2.24) is 10.0 Å². The van der Waals surface area contributed by atoms with Gasteiger partial charge >= 0.3 is 0 Å². The minimum atomic E-state index is -0.519. The highest BCUT2D eigenvalue weighted by molar-refractivity contribution is 7.11. The second kappa shape index (κ2) is 4.93. The first-order valence-electron chi connectivity index (χ1n) is 5.29. The normalized spacial score (nSPS) is 11.6. The van der Waals surface area contributed by atoms with E-state index in [4.69, 9.17) is 0 Å².